The molecule has 0 spiro atoms. The molecule has 1 aromatic rings. The zero-order valence-electron chi connectivity index (χ0n) is 15.1. The first-order valence-corrected chi connectivity index (χ1v) is 8.70. The minimum Gasteiger partial charge on any atom is -0.444 e. The minimum atomic E-state index is -0.479. The third-order valence-electron chi connectivity index (χ3n) is 3.40. The lowest BCUT2D eigenvalue weighted by Gasteiger charge is -2.19. The van der Waals surface area contributed by atoms with Gasteiger partial charge in [-0.25, -0.2) is 4.79 Å². The normalized spacial score (nSPS) is 11.3. The fraction of sp³-hybridized carbons (Fsp3) is 0.632. The molecular weight excluding hydrogens is 288 g/mol. The van der Waals surface area contributed by atoms with E-state index in [9.17, 15) is 4.79 Å². The Kier molecular flexibility index (Phi) is 8.70. The lowest BCUT2D eigenvalue weighted by atomic mass is 10.1. The molecule has 0 bridgehead atoms. The van der Waals surface area contributed by atoms with Gasteiger partial charge >= 0.3 is 6.09 Å². The third kappa shape index (κ3) is 9.95. The smallest absolute Gasteiger partial charge is 0.412 e. The highest BCUT2D eigenvalue weighted by Crippen LogP contribution is 2.13. The number of carbonyl (C=O) groups is 1. The summed E-state index contributed by atoms with van der Waals surface area (Å²) in [6, 6.07) is 7.93. The molecule has 0 saturated carbocycles. The molecule has 4 heteroatoms. The second kappa shape index (κ2) is 10.3. The number of nitrogens with one attached hydrogen (secondary N) is 2. The van der Waals surface area contributed by atoms with Crippen LogP contribution in [0.1, 0.15) is 58.9 Å². The Morgan fingerprint density at radius 1 is 1.04 bits per heavy atom. The third-order valence-corrected chi connectivity index (χ3v) is 3.40. The monoisotopic (exact) mass is 320 g/mol. The summed E-state index contributed by atoms with van der Waals surface area (Å²) in [5.74, 6) is 0. The van der Waals surface area contributed by atoms with Gasteiger partial charge in [0.1, 0.15) is 5.60 Å². The molecule has 0 radical (unpaired) electrons. The molecule has 0 aliphatic rings. The molecule has 0 aromatic heterocycles. The van der Waals surface area contributed by atoms with Gasteiger partial charge < -0.3 is 10.1 Å². The molecule has 1 amide bonds. The first-order chi connectivity index (χ1) is 10.9. The van der Waals surface area contributed by atoms with Crippen LogP contribution in [-0.2, 0) is 11.2 Å². The molecule has 1 aromatic carbocycles. The Hall–Kier alpha value is -1.55. The number of hydrogen-bond acceptors (Lipinski definition) is 3. The number of carbonyl (C=O) groups excluding carboxylic acids is 1. The number of anilines is 1. The van der Waals surface area contributed by atoms with E-state index in [0.717, 1.165) is 25.2 Å². The zero-order valence-corrected chi connectivity index (χ0v) is 15.1. The van der Waals surface area contributed by atoms with E-state index < -0.39 is 11.7 Å². The van der Waals surface area contributed by atoms with Crippen LogP contribution >= 0.6 is 0 Å². The lowest BCUT2D eigenvalue weighted by Crippen LogP contribution is -2.27. The number of rotatable bonds is 9. The molecule has 4 nitrogen and oxygen atoms in total. The van der Waals surface area contributed by atoms with Crippen molar-refractivity contribution < 1.29 is 9.53 Å². The Balaban J connectivity index is 2.24. The first-order valence-electron chi connectivity index (χ1n) is 8.70. The Bertz CT molecular complexity index is 449. The van der Waals surface area contributed by atoms with Crippen LogP contribution in [0.2, 0.25) is 0 Å². The number of hydrogen-bond donors (Lipinski definition) is 2. The maximum Gasteiger partial charge on any atom is 0.412 e. The van der Waals surface area contributed by atoms with Gasteiger partial charge in [-0.2, -0.15) is 0 Å². The lowest BCUT2D eigenvalue weighted by molar-refractivity contribution is 0.0636. The fourth-order valence-corrected chi connectivity index (χ4v) is 2.21. The van der Waals surface area contributed by atoms with E-state index in [4.69, 9.17) is 4.74 Å². The van der Waals surface area contributed by atoms with Crippen LogP contribution in [0.4, 0.5) is 10.5 Å². The van der Waals surface area contributed by atoms with Gasteiger partial charge in [-0.15, -0.1) is 0 Å². The Morgan fingerprint density at radius 2 is 1.74 bits per heavy atom. The number of benzene rings is 1. The average molecular weight is 320 g/mol. The molecular formula is C19H32N2O2. The summed E-state index contributed by atoms with van der Waals surface area (Å²) in [5, 5.41) is 6.22. The molecule has 2 N–H and O–H groups in total. The van der Waals surface area contributed by atoms with Crippen LogP contribution in [0.3, 0.4) is 0 Å². The van der Waals surface area contributed by atoms with Crippen LogP contribution in [0.15, 0.2) is 24.3 Å². The molecule has 0 aliphatic carbocycles. The van der Waals surface area contributed by atoms with Crippen LogP contribution in [0, 0.1) is 0 Å². The van der Waals surface area contributed by atoms with E-state index >= 15 is 0 Å². The summed E-state index contributed by atoms with van der Waals surface area (Å²) in [7, 11) is 0. The van der Waals surface area contributed by atoms with Gasteiger partial charge in [0.15, 0.2) is 0 Å². The van der Waals surface area contributed by atoms with Crippen molar-refractivity contribution in [3.63, 3.8) is 0 Å². The molecule has 0 aliphatic heterocycles. The summed E-state index contributed by atoms with van der Waals surface area (Å²) >= 11 is 0. The second-order valence-electron chi connectivity index (χ2n) is 6.88. The SMILES string of the molecule is CCCCCCNCCc1ccc(NC(=O)OC(C)(C)C)cc1. The van der Waals surface area contributed by atoms with Gasteiger partial charge in [-0.3, -0.25) is 5.32 Å². The summed E-state index contributed by atoms with van der Waals surface area (Å²) < 4.78 is 5.23. The molecule has 0 unspecified atom stereocenters. The van der Waals surface area contributed by atoms with Crippen molar-refractivity contribution in [1.82, 2.24) is 5.32 Å². The molecule has 0 atom stereocenters. The van der Waals surface area contributed by atoms with Crippen molar-refractivity contribution in [2.75, 3.05) is 18.4 Å². The molecule has 0 fully saturated rings. The summed E-state index contributed by atoms with van der Waals surface area (Å²) in [4.78, 5) is 11.7. The van der Waals surface area contributed by atoms with Gasteiger partial charge in [-0.1, -0.05) is 38.3 Å². The summed E-state index contributed by atoms with van der Waals surface area (Å²) in [6.07, 6.45) is 5.76. The zero-order chi connectivity index (χ0) is 17.1. The molecule has 1 rings (SSSR count). The highest BCUT2D eigenvalue weighted by molar-refractivity contribution is 5.84. The predicted octanol–water partition coefficient (Wildman–Crippen LogP) is 4.75. The summed E-state index contributed by atoms with van der Waals surface area (Å²) in [6.45, 7) is 9.87. The maximum atomic E-state index is 11.7. The largest absolute Gasteiger partial charge is 0.444 e. The van der Waals surface area contributed by atoms with E-state index in [1.807, 2.05) is 45.0 Å². The minimum absolute atomic E-state index is 0.418. The van der Waals surface area contributed by atoms with Crippen LogP contribution in [-0.4, -0.2) is 24.8 Å². The standard InChI is InChI=1S/C19H32N2O2/c1-5-6-7-8-14-20-15-13-16-9-11-17(12-10-16)21-18(22)23-19(2,3)4/h9-12,20H,5-8,13-15H2,1-4H3,(H,21,22). The molecule has 0 heterocycles. The van der Waals surface area contributed by atoms with Crippen LogP contribution in [0.25, 0.3) is 0 Å². The summed E-state index contributed by atoms with van der Waals surface area (Å²) in [5.41, 5.74) is 1.55. The molecule has 23 heavy (non-hydrogen) atoms. The van der Waals surface area contributed by atoms with Crippen molar-refractivity contribution in [3.8, 4) is 0 Å². The van der Waals surface area contributed by atoms with E-state index in [1.54, 1.807) is 0 Å². The van der Waals surface area contributed by atoms with E-state index in [0.29, 0.717) is 0 Å². The van der Waals surface area contributed by atoms with Crippen LogP contribution < -0.4 is 10.6 Å². The van der Waals surface area contributed by atoms with Gasteiger partial charge in [-0.05, 0) is 64.4 Å². The Morgan fingerprint density at radius 3 is 2.35 bits per heavy atom. The predicted molar refractivity (Wildman–Crippen MR) is 97.0 cm³/mol. The van der Waals surface area contributed by atoms with Gasteiger partial charge in [0.05, 0.1) is 0 Å². The second-order valence-corrected chi connectivity index (χ2v) is 6.88. The van der Waals surface area contributed by atoms with Crippen molar-refractivity contribution in [2.24, 2.45) is 0 Å². The topological polar surface area (TPSA) is 50.4 Å². The van der Waals surface area contributed by atoms with Gasteiger partial charge in [0, 0.05) is 5.69 Å². The van der Waals surface area contributed by atoms with E-state index in [-0.39, 0.29) is 0 Å². The van der Waals surface area contributed by atoms with E-state index in [1.165, 1.54) is 31.2 Å². The first kappa shape index (κ1) is 19.5. The fourth-order valence-electron chi connectivity index (χ4n) is 2.21. The van der Waals surface area contributed by atoms with E-state index in [2.05, 4.69) is 17.6 Å². The van der Waals surface area contributed by atoms with Crippen molar-refractivity contribution in [1.29, 1.82) is 0 Å². The highest BCUT2D eigenvalue weighted by atomic mass is 16.6. The van der Waals surface area contributed by atoms with Gasteiger partial charge in [0.25, 0.3) is 0 Å². The maximum absolute atomic E-state index is 11.7. The number of unbranched alkanes of at least 4 members (excludes halogenated alkanes) is 3. The van der Waals surface area contributed by atoms with Gasteiger partial charge in [0.2, 0.25) is 0 Å². The molecule has 0 saturated heterocycles. The number of amides is 1. The quantitative estimate of drug-likeness (QED) is 0.646. The van der Waals surface area contributed by atoms with Crippen molar-refractivity contribution in [2.45, 2.75) is 65.4 Å². The Labute approximate surface area is 141 Å². The average Bonchev–Trinajstić information content (AvgIpc) is 2.46. The highest BCUT2D eigenvalue weighted by Gasteiger charge is 2.15. The number of ether oxygens (including phenoxy) is 1. The van der Waals surface area contributed by atoms with Crippen molar-refractivity contribution in [3.05, 3.63) is 29.8 Å². The van der Waals surface area contributed by atoms with Crippen LogP contribution in [0.5, 0.6) is 0 Å². The molecule has 130 valence electrons. The van der Waals surface area contributed by atoms with Crippen molar-refractivity contribution >= 4 is 11.8 Å².